The van der Waals surface area contributed by atoms with Gasteiger partial charge < -0.3 is 16.2 Å². The number of nitrogen functional groups attached to an aromatic ring is 1. The fraction of sp³-hybridized carbons (Fsp3) is 0.429. The van der Waals surface area contributed by atoms with Crippen LogP contribution in [0.1, 0.15) is 38.1 Å². The summed E-state index contributed by atoms with van der Waals surface area (Å²) in [6.45, 7) is 6.51. The molecule has 1 rings (SSSR count). The monoisotopic (exact) mass is 342 g/mol. The maximum Gasteiger partial charge on any atom is 0.311 e. The topological polar surface area (TPSA) is 92.4 Å². The highest BCUT2D eigenvalue weighted by molar-refractivity contribution is 9.10. The van der Waals surface area contributed by atoms with E-state index in [-0.39, 0.29) is 5.91 Å². The van der Waals surface area contributed by atoms with Gasteiger partial charge in [-0.1, -0.05) is 0 Å². The van der Waals surface area contributed by atoms with Gasteiger partial charge >= 0.3 is 5.97 Å². The fourth-order valence-electron chi connectivity index (χ4n) is 1.49. The number of nitrogens with one attached hydrogen (secondary N) is 1. The molecule has 0 unspecified atom stereocenters. The van der Waals surface area contributed by atoms with Crippen LogP contribution in [0.5, 0.6) is 0 Å². The van der Waals surface area contributed by atoms with Crippen LogP contribution in [0.3, 0.4) is 0 Å². The molecule has 20 heavy (non-hydrogen) atoms. The van der Waals surface area contributed by atoms with Gasteiger partial charge in [-0.3, -0.25) is 9.59 Å². The summed E-state index contributed by atoms with van der Waals surface area (Å²) in [6.07, 6.45) is 0. The summed E-state index contributed by atoms with van der Waals surface area (Å²) in [5.41, 5.74) is 4.46. The molecule has 0 bridgehead atoms. The lowest BCUT2D eigenvalue weighted by Crippen LogP contribution is -2.57. The van der Waals surface area contributed by atoms with Crippen molar-refractivity contribution < 1.29 is 14.7 Å². The molecule has 0 saturated heterocycles. The molecule has 0 aliphatic rings. The lowest BCUT2D eigenvalue weighted by molar-refractivity contribution is -0.150. The average molecular weight is 343 g/mol. The largest absolute Gasteiger partial charge is 0.481 e. The van der Waals surface area contributed by atoms with Gasteiger partial charge in [0.1, 0.15) is 0 Å². The quantitative estimate of drug-likeness (QED) is 0.733. The van der Waals surface area contributed by atoms with E-state index in [2.05, 4.69) is 21.2 Å². The Balaban J connectivity index is 3.06. The number of nitrogens with two attached hydrogens (primary N) is 1. The Morgan fingerprint density at radius 1 is 1.25 bits per heavy atom. The van der Waals surface area contributed by atoms with Crippen molar-refractivity contribution in [3.63, 3.8) is 0 Å². The van der Waals surface area contributed by atoms with E-state index in [1.165, 1.54) is 0 Å². The molecule has 0 spiro atoms. The van der Waals surface area contributed by atoms with Crippen molar-refractivity contribution >= 4 is 33.5 Å². The van der Waals surface area contributed by atoms with Gasteiger partial charge in [-0.05, 0) is 61.8 Å². The molecule has 0 radical (unpaired) electrons. The van der Waals surface area contributed by atoms with Crippen LogP contribution in [-0.2, 0) is 4.79 Å². The molecule has 0 heterocycles. The van der Waals surface area contributed by atoms with Crippen LogP contribution in [0.4, 0.5) is 5.69 Å². The number of rotatable bonds is 4. The van der Waals surface area contributed by atoms with E-state index in [0.29, 0.717) is 15.7 Å². The summed E-state index contributed by atoms with van der Waals surface area (Å²) in [6, 6.07) is 4.90. The van der Waals surface area contributed by atoms with Crippen molar-refractivity contribution in [2.24, 2.45) is 5.41 Å². The number of carboxylic acids is 1. The van der Waals surface area contributed by atoms with Crippen LogP contribution < -0.4 is 11.1 Å². The number of anilines is 1. The fourth-order valence-corrected chi connectivity index (χ4v) is 1.92. The minimum Gasteiger partial charge on any atom is -0.481 e. The first kappa shape index (κ1) is 16.5. The van der Waals surface area contributed by atoms with Gasteiger partial charge in [0.15, 0.2) is 0 Å². The molecule has 5 nitrogen and oxygen atoms in total. The zero-order chi connectivity index (χ0) is 15.7. The van der Waals surface area contributed by atoms with Crippen LogP contribution in [0, 0.1) is 5.41 Å². The third-order valence-corrected chi connectivity index (χ3v) is 4.45. The summed E-state index contributed by atoms with van der Waals surface area (Å²) in [5, 5.41) is 12.0. The third kappa shape index (κ3) is 3.12. The van der Waals surface area contributed by atoms with Crippen LogP contribution >= 0.6 is 15.9 Å². The van der Waals surface area contributed by atoms with Gasteiger partial charge in [0, 0.05) is 10.2 Å². The van der Waals surface area contributed by atoms with Crippen LogP contribution in [0.15, 0.2) is 22.7 Å². The molecule has 0 aromatic heterocycles. The second kappa shape index (κ2) is 5.44. The SMILES string of the molecule is CC(C)(NC(=O)c1cc(N)ccc1Br)C(C)(C)C(=O)O. The van der Waals surface area contributed by atoms with E-state index >= 15 is 0 Å². The number of carbonyl (C=O) groups is 2. The standard InChI is InChI=1S/C14H19BrN2O3/c1-13(2,12(19)20)14(3,4)17-11(18)9-7-8(16)5-6-10(9)15/h5-7H,16H2,1-4H3,(H,17,18)(H,19,20). The number of halogens is 1. The van der Waals surface area contributed by atoms with Crippen LogP contribution in [-0.4, -0.2) is 22.5 Å². The number of amides is 1. The molecule has 1 aromatic carbocycles. The molecule has 4 N–H and O–H groups in total. The molecular weight excluding hydrogens is 324 g/mol. The summed E-state index contributed by atoms with van der Waals surface area (Å²) in [4.78, 5) is 23.6. The van der Waals surface area contributed by atoms with Crippen LogP contribution in [0.2, 0.25) is 0 Å². The van der Waals surface area contributed by atoms with Gasteiger partial charge in [0.25, 0.3) is 5.91 Å². The minimum absolute atomic E-state index is 0.372. The number of aliphatic carboxylic acids is 1. The second-order valence-corrected chi connectivity index (χ2v) is 6.60. The summed E-state index contributed by atoms with van der Waals surface area (Å²) in [5.74, 6) is -1.35. The first-order valence-electron chi connectivity index (χ1n) is 6.10. The predicted molar refractivity (Wildman–Crippen MR) is 81.5 cm³/mol. The Kier molecular flexibility index (Phi) is 4.49. The lowest BCUT2D eigenvalue weighted by atomic mass is 9.74. The maximum atomic E-state index is 12.3. The number of hydrogen-bond acceptors (Lipinski definition) is 3. The minimum atomic E-state index is -1.12. The van der Waals surface area contributed by atoms with E-state index in [0.717, 1.165) is 0 Å². The maximum absolute atomic E-state index is 12.3. The van der Waals surface area contributed by atoms with E-state index in [1.807, 2.05) is 0 Å². The molecule has 110 valence electrons. The van der Waals surface area contributed by atoms with Gasteiger partial charge in [0.2, 0.25) is 0 Å². The molecule has 0 saturated carbocycles. The Morgan fingerprint density at radius 2 is 1.80 bits per heavy atom. The van der Waals surface area contributed by atoms with Gasteiger partial charge in [-0.15, -0.1) is 0 Å². The average Bonchev–Trinajstić information content (AvgIpc) is 2.31. The number of benzene rings is 1. The first-order chi connectivity index (χ1) is 8.99. The van der Waals surface area contributed by atoms with Crippen molar-refractivity contribution in [1.29, 1.82) is 0 Å². The summed E-state index contributed by atoms with van der Waals surface area (Å²) in [7, 11) is 0. The van der Waals surface area contributed by atoms with Gasteiger partial charge in [-0.2, -0.15) is 0 Å². The van der Waals surface area contributed by atoms with E-state index in [9.17, 15) is 14.7 Å². The Bertz CT molecular complexity index is 553. The van der Waals surface area contributed by atoms with E-state index in [4.69, 9.17) is 5.73 Å². The van der Waals surface area contributed by atoms with E-state index in [1.54, 1.807) is 45.9 Å². The smallest absolute Gasteiger partial charge is 0.311 e. The highest BCUT2D eigenvalue weighted by atomic mass is 79.9. The van der Waals surface area contributed by atoms with Crippen molar-refractivity contribution in [1.82, 2.24) is 5.32 Å². The summed E-state index contributed by atoms with van der Waals surface area (Å²) >= 11 is 3.29. The Morgan fingerprint density at radius 3 is 2.30 bits per heavy atom. The zero-order valence-electron chi connectivity index (χ0n) is 12.0. The number of hydrogen-bond donors (Lipinski definition) is 3. The van der Waals surface area contributed by atoms with Crippen molar-refractivity contribution in [2.45, 2.75) is 33.2 Å². The van der Waals surface area contributed by atoms with Crippen molar-refractivity contribution in [3.8, 4) is 0 Å². The Labute approximate surface area is 126 Å². The van der Waals surface area contributed by atoms with Crippen molar-refractivity contribution in [3.05, 3.63) is 28.2 Å². The predicted octanol–water partition coefficient (Wildman–Crippen LogP) is 2.65. The molecule has 1 aromatic rings. The highest BCUT2D eigenvalue weighted by Gasteiger charge is 2.44. The molecule has 0 atom stereocenters. The van der Waals surface area contributed by atoms with Crippen LogP contribution in [0.25, 0.3) is 0 Å². The number of carboxylic acid groups (broad SMARTS) is 1. The second-order valence-electron chi connectivity index (χ2n) is 5.75. The Hall–Kier alpha value is -1.56. The molecule has 6 heteroatoms. The summed E-state index contributed by atoms with van der Waals surface area (Å²) < 4.78 is 0.605. The van der Waals surface area contributed by atoms with Crippen molar-refractivity contribution in [2.75, 3.05) is 5.73 Å². The third-order valence-electron chi connectivity index (χ3n) is 3.76. The van der Waals surface area contributed by atoms with Gasteiger partial charge in [-0.25, -0.2) is 0 Å². The lowest BCUT2D eigenvalue weighted by Gasteiger charge is -2.38. The number of carbonyl (C=O) groups excluding carboxylic acids is 1. The zero-order valence-corrected chi connectivity index (χ0v) is 13.5. The first-order valence-corrected chi connectivity index (χ1v) is 6.89. The normalized spacial score (nSPS) is 12.1. The van der Waals surface area contributed by atoms with Gasteiger partial charge in [0.05, 0.1) is 16.5 Å². The molecule has 0 aliphatic heterocycles. The highest BCUT2D eigenvalue weighted by Crippen LogP contribution is 2.31. The molecule has 0 fully saturated rings. The molecular formula is C14H19BrN2O3. The molecule has 1 amide bonds. The molecule has 0 aliphatic carbocycles. The van der Waals surface area contributed by atoms with E-state index < -0.39 is 16.9 Å².